The molecule has 108 valence electrons. The Balaban J connectivity index is 1.99. The molecular weight excluding hydrogens is 308 g/mol. The minimum absolute atomic E-state index is 0.0519. The Kier molecular flexibility index (Phi) is 4.53. The molecule has 1 aromatic heterocycles. The molecule has 0 N–H and O–H groups in total. The Bertz CT molecular complexity index is 603. The molecule has 1 aliphatic heterocycles. The van der Waals surface area contributed by atoms with Crippen LogP contribution in [0.4, 0.5) is 0 Å². The molecule has 0 spiro atoms. The molecule has 3 rings (SSSR count). The van der Waals surface area contributed by atoms with E-state index in [-0.39, 0.29) is 5.38 Å². The highest BCUT2D eigenvalue weighted by atomic mass is 35.5. The topological polar surface area (TPSA) is 17.8 Å². The number of thioether (sulfide) groups is 2. The van der Waals surface area contributed by atoms with E-state index < -0.39 is 0 Å². The summed E-state index contributed by atoms with van der Waals surface area (Å²) < 4.78 is 2.33. The summed E-state index contributed by atoms with van der Waals surface area (Å²) in [6, 6.07) is 6.49. The highest BCUT2D eigenvalue weighted by molar-refractivity contribution is 8.06. The number of aromatic nitrogens is 2. The predicted molar refractivity (Wildman–Crippen MR) is 92.3 cm³/mol. The normalized spacial score (nSPS) is 21.2. The van der Waals surface area contributed by atoms with E-state index in [4.69, 9.17) is 16.6 Å². The lowest BCUT2D eigenvalue weighted by molar-refractivity contribution is 0.667. The number of hydrogen-bond acceptors (Lipinski definition) is 3. The summed E-state index contributed by atoms with van der Waals surface area (Å²) in [5.41, 5.74) is 3.54. The fourth-order valence-corrected chi connectivity index (χ4v) is 5.42. The van der Waals surface area contributed by atoms with Gasteiger partial charge in [0.2, 0.25) is 0 Å². The predicted octanol–water partition coefficient (Wildman–Crippen LogP) is 4.49. The summed E-state index contributed by atoms with van der Waals surface area (Å²) in [6.45, 7) is 5.13. The zero-order valence-corrected chi connectivity index (χ0v) is 14.2. The highest BCUT2D eigenvalue weighted by Crippen LogP contribution is 2.30. The largest absolute Gasteiger partial charge is 0.326 e. The van der Waals surface area contributed by atoms with Gasteiger partial charge in [0.1, 0.15) is 5.82 Å². The second-order valence-corrected chi connectivity index (χ2v) is 8.47. The van der Waals surface area contributed by atoms with E-state index in [1.54, 1.807) is 0 Å². The van der Waals surface area contributed by atoms with E-state index >= 15 is 0 Å². The summed E-state index contributed by atoms with van der Waals surface area (Å²) in [6.07, 6.45) is 0. The number of rotatable bonds is 3. The number of hydrogen-bond donors (Lipinski definition) is 0. The molecule has 5 heteroatoms. The molecular formula is C15H19ClN2S2. The quantitative estimate of drug-likeness (QED) is 0.774. The number of nitrogens with zero attached hydrogens (tertiary/aromatic N) is 2. The molecule has 1 saturated heterocycles. The Labute approximate surface area is 133 Å². The van der Waals surface area contributed by atoms with E-state index in [2.05, 4.69) is 53.2 Å². The van der Waals surface area contributed by atoms with Crippen molar-refractivity contribution in [3.63, 3.8) is 0 Å². The van der Waals surface area contributed by atoms with Crippen LogP contribution < -0.4 is 0 Å². The van der Waals surface area contributed by atoms with Gasteiger partial charge in [0.15, 0.2) is 0 Å². The molecule has 1 aromatic carbocycles. The third-order valence-corrected chi connectivity index (χ3v) is 6.58. The van der Waals surface area contributed by atoms with Crippen LogP contribution in [-0.4, -0.2) is 32.1 Å². The summed E-state index contributed by atoms with van der Waals surface area (Å²) in [5, 5.41) is 0.616. The molecule has 2 atom stereocenters. The van der Waals surface area contributed by atoms with Gasteiger partial charge in [-0.3, -0.25) is 0 Å². The van der Waals surface area contributed by atoms with Gasteiger partial charge in [0, 0.05) is 29.1 Å². The average Bonchev–Trinajstić information content (AvgIpc) is 2.78. The fraction of sp³-hybridized carbons (Fsp3) is 0.533. The van der Waals surface area contributed by atoms with Gasteiger partial charge in [-0.05, 0) is 31.5 Å². The van der Waals surface area contributed by atoms with Crippen molar-refractivity contribution < 1.29 is 0 Å². The van der Waals surface area contributed by atoms with Crippen molar-refractivity contribution in [1.82, 2.24) is 9.55 Å². The molecule has 0 saturated carbocycles. The molecule has 0 radical (unpaired) electrons. The average molecular weight is 327 g/mol. The number of aryl methyl sites for hydroxylation is 1. The summed E-state index contributed by atoms with van der Waals surface area (Å²) >= 11 is 10.5. The Morgan fingerprint density at radius 3 is 3.00 bits per heavy atom. The molecule has 20 heavy (non-hydrogen) atoms. The van der Waals surface area contributed by atoms with Crippen molar-refractivity contribution in [2.75, 3.05) is 17.3 Å². The molecule has 1 fully saturated rings. The second kappa shape index (κ2) is 6.20. The second-order valence-electron chi connectivity index (χ2n) is 5.26. The number of alkyl halides is 1. The number of halogens is 1. The van der Waals surface area contributed by atoms with Crippen LogP contribution in [0.3, 0.4) is 0 Å². The molecule has 2 aromatic rings. The van der Waals surface area contributed by atoms with E-state index in [1.807, 2.05) is 6.92 Å². The molecule has 2 unspecified atom stereocenters. The van der Waals surface area contributed by atoms with Gasteiger partial charge in [-0.25, -0.2) is 4.98 Å². The van der Waals surface area contributed by atoms with Gasteiger partial charge in [0.05, 0.1) is 16.4 Å². The van der Waals surface area contributed by atoms with Gasteiger partial charge in [-0.1, -0.05) is 6.07 Å². The maximum atomic E-state index is 6.34. The van der Waals surface area contributed by atoms with Gasteiger partial charge >= 0.3 is 0 Å². The molecule has 1 aliphatic rings. The third-order valence-electron chi connectivity index (χ3n) is 3.56. The van der Waals surface area contributed by atoms with Gasteiger partial charge < -0.3 is 4.57 Å². The van der Waals surface area contributed by atoms with Crippen LogP contribution in [-0.2, 0) is 6.54 Å². The number of fused-ring (bicyclic) bond motifs is 1. The first-order chi connectivity index (χ1) is 9.65. The summed E-state index contributed by atoms with van der Waals surface area (Å²) in [4.78, 5) is 4.75. The van der Waals surface area contributed by atoms with Crippen molar-refractivity contribution in [2.45, 2.75) is 31.0 Å². The van der Waals surface area contributed by atoms with Crippen molar-refractivity contribution >= 4 is 46.2 Å². The highest BCUT2D eigenvalue weighted by Gasteiger charge is 2.20. The fourth-order valence-electron chi connectivity index (χ4n) is 2.60. The lowest BCUT2D eigenvalue weighted by Gasteiger charge is -2.23. The third kappa shape index (κ3) is 2.97. The van der Waals surface area contributed by atoms with Gasteiger partial charge in [-0.2, -0.15) is 23.5 Å². The molecule has 0 amide bonds. The Hall–Kier alpha value is -0.320. The first-order valence-corrected chi connectivity index (χ1v) is 9.59. The monoisotopic (exact) mass is 326 g/mol. The van der Waals surface area contributed by atoms with Gasteiger partial charge in [-0.15, -0.1) is 11.6 Å². The number of imidazole rings is 1. The van der Waals surface area contributed by atoms with Crippen LogP contribution in [0.5, 0.6) is 0 Å². The first-order valence-electron chi connectivity index (χ1n) is 6.95. The maximum absolute atomic E-state index is 6.34. The Morgan fingerprint density at radius 1 is 1.45 bits per heavy atom. The standard InChI is InChI=1S/C15H19ClN2S2/c1-10-3-4-14-13(7-10)17-15(11(2)16)18(14)8-12-9-19-5-6-20-12/h3-4,7,11-12H,5-6,8-9H2,1-2H3. The lowest BCUT2D eigenvalue weighted by atomic mass is 10.2. The smallest absolute Gasteiger partial charge is 0.127 e. The minimum atomic E-state index is -0.0519. The number of benzene rings is 1. The van der Waals surface area contributed by atoms with Crippen molar-refractivity contribution in [3.05, 3.63) is 29.6 Å². The van der Waals surface area contributed by atoms with Crippen LogP contribution in [0.1, 0.15) is 23.7 Å². The van der Waals surface area contributed by atoms with E-state index in [9.17, 15) is 0 Å². The summed E-state index contributed by atoms with van der Waals surface area (Å²) in [7, 11) is 0. The lowest BCUT2D eigenvalue weighted by Crippen LogP contribution is -2.21. The van der Waals surface area contributed by atoms with E-state index in [0.717, 1.165) is 17.9 Å². The SMILES string of the molecule is Cc1ccc2c(c1)nc(C(C)Cl)n2CC1CSCCS1. The molecule has 2 heterocycles. The van der Waals surface area contributed by atoms with E-state index in [0.29, 0.717) is 5.25 Å². The molecule has 0 bridgehead atoms. The van der Waals surface area contributed by atoms with Crippen LogP contribution >= 0.6 is 35.1 Å². The maximum Gasteiger partial charge on any atom is 0.127 e. The van der Waals surface area contributed by atoms with Crippen LogP contribution in [0.2, 0.25) is 0 Å². The van der Waals surface area contributed by atoms with Crippen LogP contribution in [0, 0.1) is 6.92 Å². The zero-order chi connectivity index (χ0) is 14.1. The van der Waals surface area contributed by atoms with Crippen LogP contribution in [0.25, 0.3) is 11.0 Å². The summed E-state index contributed by atoms with van der Waals surface area (Å²) in [5.74, 6) is 4.77. The minimum Gasteiger partial charge on any atom is -0.326 e. The van der Waals surface area contributed by atoms with Crippen molar-refractivity contribution in [1.29, 1.82) is 0 Å². The molecule has 0 aliphatic carbocycles. The van der Waals surface area contributed by atoms with E-state index in [1.165, 1.54) is 28.3 Å². The first kappa shape index (κ1) is 14.6. The van der Waals surface area contributed by atoms with Gasteiger partial charge in [0.25, 0.3) is 0 Å². The molecule has 2 nitrogen and oxygen atoms in total. The van der Waals surface area contributed by atoms with Crippen LogP contribution in [0.15, 0.2) is 18.2 Å². The Morgan fingerprint density at radius 2 is 2.30 bits per heavy atom. The zero-order valence-electron chi connectivity index (χ0n) is 11.8. The van der Waals surface area contributed by atoms with Crippen molar-refractivity contribution in [3.8, 4) is 0 Å². The van der Waals surface area contributed by atoms with Crippen molar-refractivity contribution in [2.24, 2.45) is 0 Å².